The third-order valence-electron chi connectivity index (χ3n) is 3.28. The fraction of sp³-hybridized carbons (Fsp3) is 0.700. The second kappa shape index (κ2) is 3.89. The van der Waals surface area contributed by atoms with E-state index in [-0.39, 0.29) is 17.3 Å². The van der Waals surface area contributed by atoms with Gasteiger partial charge in [0.2, 0.25) is 0 Å². The van der Waals surface area contributed by atoms with Gasteiger partial charge >= 0.3 is 0 Å². The van der Waals surface area contributed by atoms with Gasteiger partial charge in [-0.05, 0) is 18.3 Å². The van der Waals surface area contributed by atoms with Crippen LogP contribution in [0, 0.1) is 28.6 Å². The van der Waals surface area contributed by atoms with Gasteiger partial charge in [-0.1, -0.05) is 24.2 Å². The molecule has 1 saturated carbocycles. The Morgan fingerprint density at radius 1 is 1.40 bits per heavy atom. The third-order valence-corrected chi connectivity index (χ3v) is 3.28. The Morgan fingerprint density at radius 2 is 2.00 bits per heavy atom. The van der Waals surface area contributed by atoms with Gasteiger partial charge in [-0.25, -0.2) is 0 Å². The summed E-state index contributed by atoms with van der Waals surface area (Å²) in [6, 6.07) is 2.11. The van der Waals surface area contributed by atoms with Crippen molar-refractivity contribution in [3.8, 4) is 6.07 Å². The number of hydrogen-bond acceptors (Lipinski definition) is 5. The minimum atomic E-state index is -0.0662. The van der Waals surface area contributed by atoms with Crippen molar-refractivity contribution in [3.63, 3.8) is 0 Å². The Kier molecular flexibility index (Phi) is 2.98. The number of nitriles is 1. The van der Waals surface area contributed by atoms with Crippen LogP contribution < -0.4 is 0 Å². The Balaban J connectivity index is 2.88. The van der Waals surface area contributed by atoms with Crippen LogP contribution in [0.5, 0.6) is 0 Å². The van der Waals surface area contributed by atoms with E-state index in [9.17, 15) is 0 Å². The van der Waals surface area contributed by atoms with Crippen LogP contribution in [0.15, 0.2) is 10.3 Å². The summed E-state index contributed by atoms with van der Waals surface area (Å²) >= 11 is 0. The van der Waals surface area contributed by atoms with Crippen LogP contribution in [0.1, 0.15) is 27.2 Å². The summed E-state index contributed by atoms with van der Waals surface area (Å²) in [5, 5.41) is 32.3. The van der Waals surface area contributed by atoms with Gasteiger partial charge in [0.1, 0.15) is 11.4 Å². The lowest BCUT2D eigenvalue weighted by atomic mass is 10.0. The molecular formula is C10H15N3O2. The highest BCUT2D eigenvalue weighted by atomic mass is 16.4. The largest absolute Gasteiger partial charge is 0.411 e. The molecule has 2 unspecified atom stereocenters. The molecule has 1 fully saturated rings. The first-order chi connectivity index (χ1) is 7.00. The average Bonchev–Trinajstić information content (AvgIpc) is 2.71. The second-order valence-electron chi connectivity index (χ2n) is 4.44. The number of rotatable bonds is 3. The van der Waals surface area contributed by atoms with Crippen LogP contribution >= 0.6 is 0 Å². The smallest absolute Gasteiger partial charge is 0.108 e. The highest BCUT2D eigenvalue weighted by molar-refractivity contribution is 6.42. The minimum Gasteiger partial charge on any atom is -0.411 e. The zero-order valence-corrected chi connectivity index (χ0v) is 9.10. The van der Waals surface area contributed by atoms with Crippen molar-refractivity contribution < 1.29 is 10.4 Å². The van der Waals surface area contributed by atoms with Crippen LogP contribution in [0.25, 0.3) is 0 Å². The summed E-state index contributed by atoms with van der Waals surface area (Å²) in [6.07, 6.45) is 0.426. The highest BCUT2D eigenvalue weighted by Crippen LogP contribution is 2.60. The Bertz CT molecular complexity index is 352. The monoisotopic (exact) mass is 209 g/mol. The first-order valence-electron chi connectivity index (χ1n) is 4.78. The maximum absolute atomic E-state index is 8.87. The van der Waals surface area contributed by atoms with E-state index in [2.05, 4.69) is 16.4 Å². The molecule has 0 amide bonds. The number of hydrogen-bond donors (Lipinski definition) is 2. The molecule has 1 rings (SSSR count). The van der Waals surface area contributed by atoms with E-state index in [1.807, 2.05) is 13.8 Å². The van der Waals surface area contributed by atoms with Crippen LogP contribution in [0.3, 0.4) is 0 Å². The van der Waals surface area contributed by atoms with Crippen molar-refractivity contribution in [1.29, 1.82) is 5.26 Å². The number of oxime groups is 2. The van der Waals surface area contributed by atoms with E-state index in [0.717, 1.165) is 0 Å². The first kappa shape index (κ1) is 11.5. The third kappa shape index (κ3) is 1.80. The van der Waals surface area contributed by atoms with Gasteiger partial charge in [0.15, 0.2) is 0 Å². The standard InChI is InChI=1S/C10H15N3O2/c1-6(12-14)9(13-15)8-7(4-5-11)10(8,2)3/h7-8,14-15H,4H2,1-3H3/b12-6+,13-9+. The van der Waals surface area contributed by atoms with Crippen molar-refractivity contribution >= 4 is 11.4 Å². The number of nitrogens with zero attached hydrogens (tertiary/aromatic N) is 3. The van der Waals surface area contributed by atoms with E-state index in [4.69, 9.17) is 15.7 Å². The van der Waals surface area contributed by atoms with Crippen LogP contribution in [-0.4, -0.2) is 21.8 Å². The zero-order valence-electron chi connectivity index (χ0n) is 9.10. The van der Waals surface area contributed by atoms with E-state index in [1.54, 1.807) is 6.92 Å². The molecule has 5 nitrogen and oxygen atoms in total. The maximum Gasteiger partial charge on any atom is 0.108 e. The van der Waals surface area contributed by atoms with Crippen molar-refractivity contribution in [2.45, 2.75) is 27.2 Å². The van der Waals surface area contributed by atoms with Gasteiger partial charge in [0.25, 0.3) is 0 Å². The molecule has 0 spiro atoms. The van der Waals surface area contributed by atoms with Crippen molar-refractivity contribution in [2.75, 3.05) is 0 Å². The lowest BCUT2D eigenvalue weighted by molar-refractivity contribution is 0.312. The Hall–Kier alpha value is -1.57. The summed E-state index contributed by atoms with van der Waals surface area (Å²) in [4.78, 5) is 0. The molecule has 15 heavy (non-hydrogen) atoms. The molecule has 0 aromatic rings. The van der Waals surface area contributed by atoms with Gasteiger partial charge in [-0.2, -0.15) is 5.26 Å². The molecule has 0 bridgehead atoms. The van der Waals surface area contributed by atoms with Gasteiger partial charge in [-0.15, -0.1) is 0 Å². The quantitative estimate of drug-likeness (QED) is 0.422. The molecule has 82 valence electrons. The minimum absolute atomic E-state index is 0.00181. The van der Waals surface area contributed by atoms with E-state index < -0.39 is 0 Å². The fourth-order valence-electron chi connectivity index (χ4n) is 2.18. The zero-order chi connectivity index (χ0) is 11.6. The molecule has 1 aliphatic rings. The fourth-order valence-corrected chi connectivity index (χ4v) is 2.18. The van der Waals surface area contributed by atoms with Gasteiger partial charge in [0.05, 0.1) is 6.07 Å². The predicted molar refractivity (Wildman–Crippen MR) is 55.1 cm³/mol. The summed E-state index contributed by atoms with van der Waals surface area (Å²) in [5.41, 5.74) is 0.613. The van der Waals surface area contributed by atoms with Gasteiger partial charge < -0.3 is 10.4 Å². The lowest BCUT2D eigenvalue weighted by Crippen LogP contribution is -2.16. The summed E-state index contributed by atoms with van der Waals surface area (Å²) in [6.45, 7) is 5.60. The molecule has 2 atom stereocenters. The summed E-state index contributed by atoms with van der Waals surface area (Å²) in [5.74, 6) is 0.170. The molecule has 0 aromatic heterocycles. The van der Waals surface area contributed by atoms with Gasteiger partial charge in [-0.3, -0.25) is 0 Å². The second-order valence-corrected chi connectivity index (χ2v) is 4.44. The molecule has 2 N–H and O–H groups in total. The topological polar surface area (TPSA) is 89.0 Å². The summed E-state index contributed by atoms with van der Waals surface area (Å²) in [7, 11) is 0. The summed E-state index contributed by atoms with van der Waals surface area (Å²) < 4.78 is 0. The Morgan fingerprint density at radius 3 is 2.40 bits per heavy atom. The van der Waals surface area contributed by atoms with Crippen molar-refractivity contribution in [3.05, 3.63) is 0 Å². The van der Waals surface area contributed by atoms with Crippen molar-refractivity contribution in [1.82, 2.24) is 0 Å². The van der Waals surface area contributed by atoms with Crippen molar-refractivity contribution in [2.24, 2.45) is 27.6 Å². The predicted octanol–water partition coefficient (Wildman–Crippen LogP) is 1.85. The molecule has 0 radical (unpaired) electrons. The average molecular weight is 209 g/mol. The molecule has 5 heteroatoms. The van der Waals surface area contributed by atoms with Crippen LogP contribution in [0.2, 0.25) is 0 Å². The first-order valence-corrected chi connectivity index (χ1v) is 4.78. The van der Waals surface area contributed by atoms with Gasteiger partial charge in [0, 0.05) is 12.3 Å². The maximum atomic E-state index is 8.87. The molecule has 0 heterocycles. The van der Waals surface area contributed by atoms with Crippen LogP contribution in [-0.2, 0) is 0 Å². The van der Waals surface area contributed by atoms with Crippen LogP contribution in [0.4, 0.5) is 0 Å². The SMILES string of the molecule is CC(=N\O)/C(=N\O)C1C(CC#N)C1(C)C. The molecule has 0 aromatic carbocycles. The van der Waals surface area contributed by atoms with E-state index in [0.29, 0.717) is 17.8 Å². The molecule has 0 aliphatic heterocycles. The molecule has 1 aliphatic carbocycles. The Labute approximate surface area is 88.7 Å². The normalized spacial score (nSPS) is 29.7. The molecule has 0 saturated heterocycles. The molecular weight excluding hydrogens is 194 g/mol. The van der Waals surface area contributed by atoms with E-state index in [1.165, 1.54) is 0 Å². The van der Waals surface area contributed by atoms with E-state index >= 15 is 0 Å². The highest BCUT2D eigenvalue weighted by Gasteiger charge is 2.60. The lowest BCUT2D eigenvalue weighted by Gasteiger charge is -2.03.